The molecule has 5 heteroatoms. The third-order valence-corrected chi connectivity index (χ3v) is 2.01. The topological polar surface area (TPSA) is 66.4 Å². The van der Waals surface area contributed by atoms with E-state index in [0.29, 0.717) is 5.56 Å². The number of hydrogen-bond acceptors (Lipinski definition) is 2. The summed E-state index contributed by atoms with van der Waals surface area (Å²) in [5.41, 5.74) is 0.531. The van der Waals surface area contributed by atoms with Crippen LogP contribution >= 0.6 is 0 Å². The average Bonchev–Trinajstić information content (AvgIpc) is 2.26. The summed E-state index contributed by atoms with van der Waals surface area (Å²) >= 11 is 0. The van der Waals surface area contributed by atoms with Crippen molar-refractivity contribution in [3.63, 3.8) is 0 Å². The van der Waals surface area contributed by atoms with Crippen LogP contribution in [-0.2, 0) is 9.59 Å². The molecular weight excluding hydrogens is 225 g/mol. The molecule has 0 fully saturated rings. The van der Waals surface area contributed by atoms with Gasteiger partial charge in [0.15, 0.2) is 0 Å². The molecule has 90 valence electrons. The fourth-order valence-corrected chi connectivity index (χ4v) is 1.11. The van der Waals surface area contributed by atoms with E-state index in [2.05, 4.69) is 5.32 Å². The van der Waals surface area contributed by atoms with Crippen LogP contribution in [0.5, 0.6) is 0 Å². The van der Waals surface area contributed by atoms with Gasteiger partial charge in [-0.1, -0.05) is 12.1 Å². The maximum absolute atomic E-state index is 12.8. The summed E-state index contributed by atoms with van der Waals surface area (Å²) in [5.74, 6) is -2.05. The van der Waals surface area contributed by atoms with Crippen molar-refractivity contribution in [1.82, 2.24) is 5.32 Å². The zero-order valence-electron chi connectivity index (χ0n) is 9.18. The molecule has 0 bridgehead atoms. The first-order valence-corrected chi connectivity index (χ1v) is 4.96. The highest BCUT2D eigenvalue weighted by Gasteiger charge is 2.11. The van der Waals surface area contributed by atoms with Gasteiger partial charge in [-0.15, -0.1) is 0 Å². The molecule has 0 aliphatic heterocycles. The Labute approximate surface area is 97.8 Å². The van der Waals surface area contributed by atoms with E-state index in [1.807, 2.05) is 0 Å². The summed E-state index contributed by atoms with van der Waals surface area (Å²) in [6.45, 7) is 1.36. The van der Waals surface area contributed by atoms with Crippen molar-refractivity contribution < 1.29 is 19.1 Å². The lowest BCUT2D eigenvalue weighted by Crippen LogP contribution is -2.37. The van der Waals surface area contributed by atoms with Crippen molar-refractivity contribution >= 4 is 18.0 Å². The monoisotopic (exact) mass is 237 g/mol. The van der Waals surface area contributed by atoms with Gasteiger partial charge in [-0.2, -0.15) is 0 Å². The van der Waals surface area contributed by atoms with Crippen LogP contribution in [0.25, 0.3) is 6.08 Å². The molecule has 0 saturated carbocycles. The van der Waals surface area contributed by atoms with Crippen LogP contribution in [0, 0.1) is 5.82 Å². The van der Waals surface area contributed by atoms with E-state index >= 15 is 0 Å². The van der Waals surface area contributed by atoms with Gasteiger partial charge < -0.3 is 10.4 Å². The third kappa shape index (κ3) is 4.46. The quantitative estimate of drug-likeness (QED) is 0.778. The van der Waals surface area contributed by atoms with Crippen molar-refractivity contribution in [2.45, 2.75) is 13.0 Å². The number of halogens is 1. The zero-order valence-corrected chi connectivity index (χ0v) is 9.18. The predicted octanol–water partition coefficient (Wildman–Crippen LogP) is 1.43. The standard InChI is InChI=1S/C12H12FNO3/c1-8(12(16)17)14-11(15)6-5-9-3-2-4-10(13)7-9/h2-8H,1H3,(H,14,15)(H,16,17)/t8-/m1/s1. The Morgan fingerprint density at radius 2 is 2.18 bits per heavy atom. The smallest absolute Gasteiger partial charge is 0.325 e. The summed E-state index contributed by atoms with van der Waals surface area (Å²) in [5, 5.41) is 10.8. The van der Waals surface area contributed by atoms with Gasteiger partial charge in [0, 0.05) is 6.08 Å². The lowest BCUT2D eigenvalue weighted by Gasteiger charge is -2.05. The Balaban J connectivity index is 2.59. The molecule has 0 aromatic heterocycles. The minimum absolute atomic E-state index is 0.397. The number of carbonyl (C=O) groups excluding carboxylic acids is 1. The number of carbonyl (C=O) groups is 2. The number of nitrogens with one attached hydrogen (secondary N) is 1. The normalized spacial score (nSPS) is 12.4. The molecule has 0 radical (unpaired) electrons. The molecule has 1 amide bonds. The molecule has 1 aromatic rings. The number of carboxylic acids is 1. The highest BCUT2D eigenvalue weighted by Crippen LogP contribution is 2.05. The first-order chi connectivity index (χ1) is 7.99. The minimum Gasteiger partial charge on any atom is -0.480 e. The summed E-state index contributed by atoms with van der Waals surface area (Å²) in [4.78, 5) is 21.7. The van der Waals surface area contributed by atoms with E-state index in [1.54, 1.807) is 6.07 Å². The molecule has 4 nitrogen and oxygen atoms in total. The maximum Gasteiger partial charge on any atom is 0.325 e. The van der Waals surface area contributed by atoms with Gasteiger partial charge in [-0.25, -0.2) is 4.39 Å². The molecule has 0 aliphatic rings. The van der Waals surface area contributed by atoms with Gasteiger partial charge in [-0.05, 0) is 30.7 Å². The number of hydrogen-bond donors (Lipinski definition) is 2. The molecule has 0 unspecified atom stereocenters. The lowest BCUT2D eigenvalue weighted by molar-refractivity contribution is -0.140. The fourth-order valence-electron chi connectivity index (χ4n) is 1.11. The van der Waals surface area contributed by atoms with Crippen LogP contribution < -0.4 is 5.32 Å². The van der Waals surface area contributed by atoms with Gasteiger partial charge in [0.25, 0.3) is 0 Å². The Morgan fingerprint density at radius 1 is 1.47 bits per heavy atom. The summed E-state index contributed by atoms with van der Waals surface area (Å²) in [7, 11) is 0. The van der Waals surface area contributed by atoms with Crippen molar-refractivity contribution in [3.8, 4) is 0 Å². The van der Waals surface area contributed by atoms with Gasteiger partial charge in [-0.3, -0.25) is 9.59 Å². The molecule has 0 spiro atoms. The Kier molecular flexibility index (Phi) is 4.39. The average molecular weight is 237 g/mol. The maximum atomic E-state index is 12.8. The highest BCUT2D eigenvalue weighted by atomic mass is 19.1. The van der Waals surface area contributed by atoms with Gasteiger partial charge in [0.05, 0.1) is 0 Å². The molecule has 0 aliphatic carbocycles. The number of rotatable bonds is 4. The van der Waals surface area contributed by atoms with Gasteiger partial charge in [0.2, 0.25) is 5.91 Å². The molecule has 2 N–H and O–H groups in total. The zero-order chi connectivity index (χ0) is 12.8. The third-order valence-electron chi connectivity index (χ3n) is 2.01. The molecule has 17 heavy (non-hydrogen) atoms. The van der Waals surface area contributed by atoms with E-state index in [-0.39, 0.29) is 0 Å². The summed E-state index contributed by atoms with van der Waals surface area (Å²) in [6, 6.07) is 4.76. The van der Waals surface area contributed by atoms with Crippen LogP contribution in [0.3, 0.4) is 0 Å². The first kappa shape index (κ1) is 12.9. The van der Waals surface area contributed by atoms with E-state index in [0.717, 1.165) is 6.08 Å². The first-order valence-electron chi connectivity index (χ1n) is 4.96. The predicted molar refractivity (Wildman–Crippen MR) is 60.7 cm³/mol. The van der Waals surface area contributed by atoms with Crippen molar-refractivity contribution in [3.05, 3.63) is 41.7 Å². The van der Waals surface area contributed by atoms with Crippen LogP contribution in [0.2, 0.25) is 0 Å². The van der Waals surface area contributed by atoms with Gasteiger partial charge >= 0.3 is 5.97 Å². The van der Waals surface area contributed by atoms with E-state index in [4.69, 9.17) is 5.11 Å². The highest BCUT2D eigenvalue weighted by molar-refractivity contribution is 5.94. The number of amides is 1. The fraction of sp³-hybridized carbons (Fsp3) is 0.167. The SMILES string of the molecule is C[C@@H](NC(=O)C=Cc1cccc(F)c1)C(=O)O. The van der Waals surface area contributed by atoms with Crippen LogP contribution in [0.15, 0.2) is 30.3 Å². The Bertz CT molecular complexity index is 457. The summed E-state index contributed by atoms with van der Waals surface area (Å²) < 4.78 is 12.8. The molecule has 0 heterocycles. The molecule has 0 saturated heterocycles. The van der Waals surface area contributed by atoms with E-state index < -0.39 is 23.7 Å². The minimum atomic E-state index is -1.11. The number of benzene rings is 1. The van der Waals surface area contributed by atoms with Crippen molar-refractivity contribution in [2.75, 3.05) is 0 Å². The lowest BCUT2D eigenvalue weighted by atomic mass is 10.2. The second-order valence-corrected chi connectivity index (χ2v) is 3.46. The second kappa shape index (κ2) is 5.79. The molecule has 1 atom stereocenters. The van der Waals surface area contributed by atoms with Crippen LogP contribution in [0.1, 0.15) is 12.5 Å². The number of carboxylic acid groups (broad SMARTS) is 1. The van der Waals surface area contributed by atoms with Crippen LogP contribution in [0.4, 0.5) is 4.39 Å². The molecule has 1 rings (SSSR count). The van der Waals surface area contributed by atoms with Crippen LogP contribution in [-0.4, -0.2) is 23.0 Å². The molecule has 1 aromatic carbocycles. The largest absolute Gasteiger partial charge is 0.480 e. The van der Waals surface area contributed by atoms with E-state index in [1.165, 1.54) is 31.2 Å². The van der Waals surface area contributed by atoms with Gasteiger partial charge in [0.1, 0.15) is 11.9 Å². The van der Waals surface area contributed by atoms with Crippen molar-refractivity contribution in [2.24, 2.45) is 0 Å². The Morgan fingerprint density at radius 3 is 2.76 bits per heavy atom. The van der Waals surface area contributed by atoms with Crippen molar-refractivity contribution in [1.29, 1.82) is 0 Å². The Hall–Kier alpha value is -2.17. The molecular formula is C12H12FNO3. The number of aliphatic carboxylic acids is 1. The summed E-state index contributed by atoms with van der Waals surface area (Å²) in [6.07, 6.45) is 2.57. The van der Waals surface area contributed by atoms with E-state index in [9.17, 15) is 14.0 Å². The second-order valence-electron chi connectivity index (χ2n) is 3.46.